The molecule has 1 fully saturated rings. The summed E-state index contributed by atoms with van der Waals surface area (Å²) in [5, 5.41) is 40.2. The quantitative estimate of drug-likeness (QED) is 0.139. The lowest BCUT2D eigenvalue weighted by Gasteiger charge is -2.28. The molecule has 210 valence electrons. The van der Waals surface area contributed by atoms with Crippen LogP contribution in [0, 0.1) is 5.92 Å². The first kappa shape index (κ1) is 32.4. The molecule has 5 amide bonds. The summed E-state index contributed by atoms with van der Waals surface area (Å²) >= 11 is 0. The Kier molecular flexibility index (Phi) is 13.7. The molecular weight excluding hydrogens is 532 g/mol. The van der Waals surface area contributed by atoms with Crippen molar-refractivity contribution in [3.8, 4) is 0 Å². The van der Waals surface area contributed by atoms with E-state index < -0.39 is 90.9 Å². The second kappa shape index (κ2) is 15.6. The molecule has 17 heteroatoms. The number of amides is 5. The molecule has 1 saturated heterocycles. The van der Waals surface area contributed by atoms with Crippen molar-refractivity contribution in [1.29, 1.82) is 0 Å². The summed E-state index contributed by atoms with van der Waals surface area (Å²) in [6.07, 6.45) is -1.42. The minimum absolute atomic E-state index is 0.0264. The molecule has 0 aromatic heterocycles. The SMILES string of the molecule is CC(C)[C@@H]1NC(=O)[C@H](CO)NC(=O)[C@@H](N)CSSCC(C(=O)NCC(=O)O)NC(=O)[C@H]([C@@H](C)O)NC1=O. The third-order valence-corrected chi connectivity index (χ3v) is 7.52. The maximum Gasteiger partial charge on any atom is 0.322 e. The molecule has 0 aliphatic carbocycles. The van der Waals surface area contributed by atoms with E-state index in [2.05, 4.69) is 26.6 Å². The Balaban J connectivity index is 3.29. The first-order valence-electron chi connectivity index (χ1n) is 11.3. The summed E-state index contributed by atoms with van der Waals surface area (Å²) in [6.45, 7) is 2.96. The molecule has 6 atom stereocenters. The van der Waals surface area contributed by atoms with Crippen molar-refractivity contribution in [1.82, 2.24) is 26.6 Å². The van der Waals surface area contributed by atoms with E-state index in [9.17, 15) is 39.0 Å². The van der Waals surface area contributed by atoms with Gasteiger partial charge in [-0.2, -0.15) is 0 Å². The fraction of sp³-hybridized carbons (Fsp3) is 0.700. The third kappa shape index (κ3) is 10.7. The first-order valence-corrected chi connectivity index (χ1v) is 13.8. The number of hydrogen-bond acceptors (Lipinski definition) is 11. The smallest absolute Gasteiger partial charge is 0.322 e. The van der Waals surface area contributed by atoms with E-state index >= 15 is 0 Å². The average Bonchev–Trinajstić information content (AvgIpc) is 2.82. The van der Waals surface area contributed by atoms with Gasteiger partial charge in [0, 0.05) is 11.5 Å². The number of carboxylic acids is 1. The summed E-state index contributed by atoms with van der Waals surface area (Å²) in [7, 11) is 2.12. The van der Waals surface area contributed by atoms with Crippen LogP contribution in [0.25, 0.3) is 0 Å². The van der Waals surface area contributed by atoms with E-state index in [-0.39, 0.29) is 11.5 Å². The first-order chi connectivity index (χ1) is 17.3. The predicted octanol–water partition coefficient (Wildman–Crippen LogP) is -4.12. The van der Waals surface area contributed by atoms with Gasteiger partial charge in [-0.05, 0) is 12.8 Å². The molecule has 0 aromatic rings. The van der Waals surface area contributed by atoms with E-state index in [1.807, 2.05) is 0 Å². The van der Waals surface area contributed by atoms with Crippen LogP contribution in [0.1, 0.15) is 20.8 Å². The van der Waals surface area contributed by atoms with E-state index in [4.69, 9.17) is 10.8 Å². The second-order valence-corrected chi connectivity index (χ2v) is 11.1. The van der Waals surface area contributed by atoms with Gasteiger partial charge in [-0.15, -0.1) is 0 Å². The Morgan fingerprint density at radius 1 is 0.946 bits per heavy atom. The highest BCUT2D eigenvalue weighted by Crippen LogP contribution is 2.23. The van der Waals surface area contributed by atoms with Gasteiger partial charge in [0.2, 0.25) is 29.5 Å². The van der Waals surface area contributed by atoms with Gasteiger partial charge in [0.1, 0.15) is 30.7 Å². The van der Waals surface area contributed by atoms with Gasteiger partial charge in [0.15, 0.2) is 0 Å². The van der Waals surface area contributed by atoms with Crippen molar-refractivity contribution in [3.05, 3.63) is 0 Å². The lowest BCUT2D eigenvalue weighted by Crippen LogP contribution is -2.62. The molecule has 0 spiro atoms. The molecule has 10 N–H and O–H groups in total. The second-order valence-electron chi connectivity index (χ2n) is 8.55. The molecule has 0 saturated carbocycles. The summed E-state index contributed by atoms with van der Waals surface area (Å²) in [4.78, 5) is 74.3. The lowest BCUT2D eigenvalue weighted by molar-refractivity contribution is -0.139. The van der Waals surface area contributed by atoms with Gasteiger partial charge in [-0.1, -0.05) is 35.4 Å². The van der Waals surface area contributed by atoms with Crippen LogP contribution in [0.2, 0.25) is 0 Å². The van der Waals surface area contributed by atoms with Gasteiger partial charge >= 0.3 is 5.97 Å². The zero-order valence-corrected chi connectivity index (χ0v) is 22.2. The lowest BCUT2D eigenvalue weighted by atomic mass is 10.0. The average molecular weight is 567 g/mol. The molecule has 37 heavy (non-hydrogen) atoms. The Morgan fingerprint density at radius 2 is 1.51 bits per heavy atom. The van der Waals surface area contributed by atoms with E-state index in [1.54, 1.807) is 13.8 Å². The van der Waals surface area contributed by atoms with Crippen molar-refractivity contribution in [2.45, 2.75) is 57.1 Å². The fourth-order valence-corrected chi connectivity index (χ4v) is 5.24. The van der Waals surface area contributed by atoms with Gasteiger partial charge < -0.3 is 47.6 Å². The highest BCUT2D eigenvalue weighted by atomic mass is 33.1. The normalized spacial score (nSPS) is 27.7. The number of rotatable bonds is 6. The molecule has 0 bridgehead atoms. The molecule has 1 heterocycles. The highest BCUT2D eigenvalue weighted by molar-refractivity contribution is 8.76. The van der Waals surface area contributed by atoms with Crippen LogP contribution < -0.4 is 32.3 Å². The molecule has 1 rings (SSSR count). The monoisotopic (exact) mass is 566 g/mol. The zero-order chi connectivity index (χ0) is 28.3. The number of aliphatic carboxylic acids is 1. The molecule has 1 aliphatic heterocycles. The molecule has 1 unspecified atom stereocenters. The van der Waals surface area contributed by atoms with Gasteiger partial charge in [0.05, 0.1) is 18.8 Å². The van der Waals surface area contributed by atoms with Gasteiger partial charge in [0.25, 0.3) is 0 Å². The Morgan fingerprint density at radius 3 is 2.05 bits per heavy atom. The number of hydrogen-bond donors (Lipinski definition) is 9. The Bertz CT molecular complexity index is 860. The zero-order valence-electron chi connectivity index (χ0n) is 20.6. The highest BCUT2D eigenvalue weighted by Gasteiger charge is 2.35. The summed E-state index contributed by atoms with van der Waals surface area (Å²) < 4.78 is 0. The molecule has 1 aliphatic rings. The van der Waals surface area contributed by atoms with Crippen molar-refractivity contribution < 1.29 is 44.1 Å². The van der Waals surface area contributed by atoms with Gasteiger partial charge in [-0.3, -0.25) is 28.8 Å². The minimum Gasteiger partial charge on any atom is -0.480 e. The maximum absolute atomic E-state index is 13.0. The van der Waals surface area contributed by atoms with Crippen LogP contribution in [0.3, 0.4) is 0 Å². The maximum atomic E-state index is 13.0. The van der Waals surface area contributed by atoms with E-state index in [0.29, 0.717) is 0 Å². The predicted molar refractivity (Wildman–Crippen MR) is 135 cm³/mol. The van der Waals surface area contributed by atoms with Crippen LogP contribution in [-0.2, 0) is 28.8 Å². The van der Waals surface area contributed by atoms with Crippen LogP contribution in [0.4, 0.5) is 0 Å². The number of carbonyl (C=O) groups is 6. The Labute approximate surface area is 221 Å². The summed E-state index contributed by atoms with van der Waals surface area (Å²) in [5.41, 5.74) is 5.85. The number of nitrogens with two attached hydrogens (primary N) is 1. The number of nitrogens with one attached hydrogen (secondary N) is 5. The van der Waals surface area contributed by atoms with E-state index in [1.165, 1.54) is 6.92 Å². The molecule has 0 radical (unpaired) electrons. The topological polar surface area (TPSA) is 249 Å². The number of carboxylic acid groups (broad SMARTS) is 1. The standard InChI is InChI=1S/C20H34N6O9S2/c1-8(2)14-19(34)26-15(9(3)28)20(35)24-12(17(32)22-4-13(29)30)7-37-36-6-10(21)16(31)23-11(5-27)18(33)25-14/h8-12,14-15,27-28H,4-7,21H2,1-3H3,(H,22,32)(H,23,31)(H,24,35)(H,25,33)(H,26,34)(H,29,30)/t9-,10+,11+,12?,14+,15+/m1/s1. The molecule has 15 nitrogen and oxygen atoms in total. The van der Waals surface area contributed by atoms with Crippen LogP contribution in [0.5, 0.6) is 0 Å². The largest absolute Gasteiger partial charge is 0.480 e. The van der Waals surface area contributed by atoms with Gasteiger partial charge in [-0.25, -0.2) is 0 Å². The number of aliphatic hydroxyl groups is 2. The van der Waals surface area contributed by atoms with Crippen molar-refractivity contribution in [2.24, 2.45) is 11.7 Å². The van der Waals surface area contributed by atoms with Crippen LogP contribution >= 0.6 is 21.6 Å². The molecule has 0 aromatic carbocycles. The fourth-order valence-electron chi connectivity index (χ4n) is 2.95. The molecular formula is C20H34N6O9S2. The minimum atomic E-state index is -1.53. The van der Waals surface area contributed by atoms with Crippen LogP contribution in [-0.4, -0.2) is 112 Å². The summed E-state index contributed by atoms with van der Waals surface area (Å²) in [6, 6.07) is -6.53. The Hall–Kier alpha value is -2.60. The van der Waals surface area contributed by atoms with Crippen molar-refractivity contribution in [3.63, 3.8) is 0 Å². The third-order valence-electron chi connectivity index (χ3n) is 5.07. The van der Waals surface area contributed by atoms with Crippen LogP contribution in [0.15, 0.2) is 0 Å². The van der Waals surface area contributed by atoms with E-state index in [0.717, 1.165) is 21.6 Å². The van der Waals surface area contributed by atoms with Crippen molar-refractivity contribution >= 4 is 57.1 Å². The number of aliphatic hydroxyl groups excluding tert-OH is 2. The van der Waals surface area contributed by atoms with Crippen molar-refractivity contribution in [2.75, 3.05) is 24.7 Å². The summed E-state index contributed by atoms with van der Waals surface area (Å²) in [5.74, 6) is -6.06. The number of carbonyl (C=O) groups excluding carboxylic acids is 5.